The first-order chi connectivity index (χ1) is 14.0. The Kier molecular flexibility index (Phi) is 4.12. The second-order valence-electron chi connectivity index (χ2n) is 7.94. The number of nitrogens with zero attached hydrogens (tertiary/aromatic N) is 3. The maximum absolute atomic E-state index is 13.5. The van der Waals surface area contributed by atoms with Gasteiger partial charge in [0.15, 0.2) is 0 Å². The number of hydrogen-bond acceptors (Lipinski definition) is 3. The monoisotopic (exact) mass is 392 g/mol. The first-order valence-electron chi connectivity index (χ1n) is 9.76. The van der Waals surface area contributed by atoms with Crippen molar-refractivity contribution in [2.45, 2.75) is 25.9 Å². The summed E-state index contributed by atoms with van der Waals surface area (Å²) in [6.07, 6.45) is 4.90. The van der Waals surface area contributed by atoms with E-state index < -0.39 is 0 Å². The quantitative estimate of drug-likeness (QED) is 0.873. The third kappa shape index (κ3) is 3.16. The van der Waals surface area contributed by atoms with Crippen LogP contribution in [0, 0.1) is 18.7 Å². The van der Waals surface area contributed by atoms with Gasteiger partial charge in [-0.25, -0.2) is 9.18 Å². The number of amides is 3. The number of urea groups is 1. The summed E-state index contributed by atoms with van der Waals surface area (Å²) in [5.41, 5.74) is 4.71. The molecule has 5 rings (SSSR count). The van der Waals surface area contributed by atoms with E-state index in [2.05, 4.69) is 22.4 Å². The van der Waals surface area contributed by atoms with Gasteiger partial charge in [0.1, 0.15) is 12.4 Å². The molecule has 1 saturated heterocycles. The zero-order valence-electron chi connectivity index (χ0n) is 16.1. The molecule has 0 spiro atoms. The van der Waals surface area contributed by atoms with Crippen LogP contribution in [-0.4, -0.2) is 45.9 Å². The second-order valence-corrected chi connectivity index (χ2v) is 7.94. The summed E-state index contributed by atoms with van der Waals surface area (Å²) in [7, 11) is 0. The number of fused-ring (bicyclic) bond motifs is 3. The minimum atomic E-state index is -0.355. The zero-order valence-corrected chi connectivity index (χ0v) is 16.1. The van der Waals surface area contributed by atoms with E-state index >= 15 is 0 Å². The minimum absolute atomic E-state index is 0.0114. The van der Waals surface area contributed by atoms with Crippen molar-refractivity contribution in [3.8, 4) is 0 Å². The summed E-state index contributed by atoms with van der Waals surface area (Å²) in [6.45, 7) is 2.85. The first kappa shape index (κ1) is 17.8. The Morgan fingerprint density at radius 1 is 1.31 bits per heavy atom. The number of benzene rings is 1. The van der Waals surface area contributed by atoms with Crippen LogP contribution >= 0.6 is 0 Å². The van der Waals surface area contributed by atoms with Crippen molar-refractivity contribution in [1.82, 2.24) is 14.8 Å². The third-order valence-electron chi connectivity index (χ3n) is 5.99. The average Bonchev–Trinajstić information content (AvgIpc) is 3.30. The summed E-state index contributed by atoms with van der Waals surface area (Å²) < 4.78 is 13.5. The fourth-order valence-electron chi connectivity index (χ4n) is 4.61. The average molecular weight is 392 g/mol. The molecule has 1 N–H and O–H groups in total. The van der Waals surface area contributed by atoms with Crippen molar-refractivity contribution in [1.29, 1.82) is 0 Å². The van der Waals surface area contributed by atoms with Crippen molar-refractivity contribution in [2.75, 3.05) is 18.4 Å². The van der Waals surface area contributed by atoms with Crippen LogP contribution in [0.2, 0.25) is 0 Å². The molecular formula is C22H21FN4O2. The maximum Gasteiger partial charge on any atom is 0.322 e. The lowest BCUT2D eigenvalue weighted by Crippen LogP contribution is -2.47. The number of aromatic nitrogens is 1. The van der Waals surface area contributed by atoms with Crippen LogP contribution < -0.4 is 5.32 Å². The summed E-state index contributed by atoms with van der Waals surface area (Å²) >= 11 is 0. The maximum atomic E-state index is 13.5. The number of halogens is 1. The van der Waals surface area contributed by atoms with Crippen LogP contribution in [0.1, 0.15) is 23.2 Å². The largest absolute Gasteiger partial charge is 0.334 e. The van der Waals surface area contributed by atoms with Crippen molar-refractivity contribution in [2.24, 2.45) is 5.92 Å². The molecule has 3 amide bonds. The van der Waals surface area contributed by atoms with Crippen LogP contribution in [-0.2, 0) is 11.3 Å². The molecule has 0 unspecified atom stereocenters. The van der Waals surface area contributed by atoms with Crippen molar-refractivity contribution in [3.05, 3.63) is 65.2 Å². The molecule has 1 aromatic carbocycles. The molecule has 0 radical (unpaired) electrons. The Hall–Kier alpha value is -3.22. The molecule has 6 nitrogen and oxygen atoms in total. The van der Waals surface area contributed by atoms with E-state index in [1.54, 1.807) is 6.07 Å². The molecule has 2 atom stereocenters. The van der Waals surface area contributed by atoms with Crippen LogP contribution in [0.5, 0.6) is 0 Å². The molecule has 0 saturated carbocycles. The summed E-state index contributed by atoms with van der Waals surface area (Å²) in [6, 6.07) is 8.09. The van der Waals surface area contributed by atoms with Gasteiger partial charge in [0.05, 0.1) is 12.6 Å². The highest BCUT2D eigenvalue weighted by Crippen LogP contribution is 2.42. The standard InChI is InChI=1S/C22H21FN4O2/c1-13-6-14(4-5-24-13)19-9-18-8-15(19)11-27(18)21(28)12-26-10-16-7-17(23)2-3-20(16)25-22(26)29/h2-7,9,15,18H,8,10-12H2,1H3,(H,25,29)/t15-,18-/m0/s1. The highest BCUT2D eigenvalue weighted by molar-refractivity contribution is 5.95. The number of carbonyl (C=O) groups is 2. The Morgan fingerprint density at radius 3 is 2.93 bits per heavy atom. The molecular weight excluding hydrogens is 371 g/mol. The van der Waals surface area contributed by atoms with Crippen LogP contribution in [0.4, 0.5) is 14.9 Å². The van der Waals surface area contributed by atoms with Crippen LogP contribution in [0.25, 0.3) is 5.57 Å². The highest BCUT2D eigenvalue weighted by atomic mass is 19.1. The normalized spacial score (nSPS) is 22.4. The zero-order chi connectivity index (χ0) is 20.1. The second kappa shape index (κ2) is 6.69. The smallest absolute Gasteiger partial charge is 0.322 e. The molecule has 1 aliphatic carbocycles. The van der Waals surface area contributed by atoms with Gasteiger partial charge in [0, 0.05) is 30.0 Å². The topological polar surface area (TPSA) is 65.5 Å². The molecule has 7 heteroatoms. The highest BCUT2D eigenvalue weighted by Gasteiger charge is 2.42. The van der Waals surface area contributed by atoms with E-state index in [4.69, 9.17) is 0 Å². The van der Waals surface area contributed by atoms with E-state index in [0.717, 1.165) is 12.1 Å². The number of carbonyl (C=O) groups excluding carboxylic acids is 2. The molecule has 29 heavy (non-hydrogen) atoms. The number of pyridine rings is 1. The van der Waals surface area contributed by atoms with E-state index in [1.807, 2.05) is 24.1 Å². The fourth-order valence-corrected chi connectivity index (χ4v) is 4.61. The first-order valence-corrected chi connectivity index (χ1v) is 9.76. The Morgan fingerprint density at radius 2 is 2.17 bits per heavy atom. The summed E-state index contributed by atoms with van der Waals surface area (Å²) in [5.74, 6) is -0.114. The molecule has 3 aliphatic rings. The number of hydrogen-bond donors (Lipinski definition) is 1. The van der Waals surface area contributed by atoms with Crippen molar-refractivity contribution >= 4 is 23.2 Å². The van der Waals surface area contributed by atoms with Gasteiger partial charge in [-0.15, -0.1) is 0 Å². The molecule has 148 valence electrons. The minimum Gasteiger partial charge on any atom is -0.334 e. The van der Waals surface area contributed by atoms with Crippen LogP contribution in [0.3, 0.4) is 0 Å². The van der Waals surface area contributed by atoms with Gasteiger partial charge in [-0.3, -0.25) is 9.78 Å². The van der Waals surface area contributed by atoms with Gasteiger partial charge in [-0.05, 0) is 60.4 Å². The lowest BCUT2D eigenvalue weighted by molar-refractivity contribution is -0.132. The van der Waals surface area contributed by atoms with Gasteiger partial charge < -0.3 is 15.1 Å². The van der Waals surface area contributed by atoms with Crippen LogP contribution in [0.15, 0.2) is 42.6 Å². The molecule has 1 fully saturated rings. The van der Waals surface area contributed by atoms with Gasteiger partial charge in [-0.2, -0.15) is 0 Å². The van der Waals surface area contributed by atoms with E-state index in [-0.39, 0.29) is 36.9 Å². The Balaban J connectivity index is 1.29. The number of aryl methyl sites for hydroxylation is 1. The van der Waals surface area contributed by atoms with Gasteiger partial charge in [0.25, 0.3) is 0 Å². The Labute approximate surface area is 168 Å². The lowest BCUT2D eigenvalue weighted by Gasteiger charge is -2.32. The lowest BCUT2D eigenvalue weighted by atomic mass is 9.95. The van der Waals surface area contributed by atoms with Gasteiger partial charge in [-0.1, -0.05) is 6.08 Å². The Bertz CT molecular complexity index is 1050. The molecule has 2 aromatic rings. The summed E-state index contributed by atoms with van der Waals surface area (Å²) in [5, 5.41) is 2.73. The SMILES string of the molecule is Cc1cc(C2=C[C@@H]3C[C@H]2CN3C(=O)CN2Cc3cc(F)ccc3NC2=O)ccn1. The van der Waals surface area contributed by atoms with Gasteiger partial charge >= 0.3 is 6.03 Å². The number of likely N-dealkylation sites (tertiary alicyclic amines) is 1. The predicted octanol–water partition coefficient (Wildman–Crippen LogP) is 3.19. The molecule has 2 bridgehead atoms. The third-order valence-corrected chi connectivity index (χ3v) is 5.99. The number of rotatable bonds is 3. The van der Waals surface area contributed by atoms with E-state index in [0.29, 0.717) is 23.7 Å². The predicted molar refractivity (Wildman–Crippen MR) is 106 cm³/mol. The summed E-state index contributed by atoms with van der Waals surface area (Å²) in [4.78, 5) is 32.8. The van der Waals surface area contributed by atoms with Crippen molar-refractivity contribution in [3.63, 3.8) is 0 Å². The van der Waals surface area contributed by atoms with Gasteiger partial charge in [0.2, 0.25) is 5.91 Å². The van der Waals surface area contributed by atoms with E-state index in [1.165, 1.54) is 28.2 Å². The number of anilines is 1. The molecule has 3 heterocycles. The molecule has 1 aromatic heterocycles. The fraction of sp³-hybridized carbons (Fsp3) is 0.318. The number of nitrogens with one attached hydrogen (secondary N) is 1. The van der Waals surface area contributed by atoms with E-state index in [9.17, 15) is 14.0 Å². The molecule has 2 aliphatic heterocycles. The van der Waals surface area contributed by atoms with Crippen molar-refractivity contribution < 1.29 is 14.0 Å².